The van der Waals surface area contributed by atoms with Crippen molar-refractivity contribution in [3.05, 3.63) is 70.6 Å². The zero-order chi connectivity index (χ0) is 19.7. The van der Waals surface area contributed by atoms with Crippen LogP contribution in [0.25, 0.3) is 16.6 Å². The Morgan fingerprint density at radius 3 is 2.61 bits per heavy atom. The number of benzene rings is 2. The summed E-state index contributed by atoms with van der Waals surface area (Å²) < 4.78 is 2.40. The molecule has 1 N–H and O–H groups in total. The highest BCUT2D eigenvalue weighted by atomic mass is 15.1. The van der Waals surface area contributed by atoms with E-state index in [0.717, 1.165) is 31.0 Å². The van der Waals surface area contributed by atoms with Gasteiger partial charge in [0.05, 0.1) is 11.0 Å². The number of aromatic nitrogens is 2. The van der Waals surface area contributed by atoms with Gasteiger partial charge in [-0.2, -0.15) is 0 Å². The van der Waals surface area contributed by atoms with E-state index in [9.17, 15) is 0 Å². The van der Waals surface area contributed by atoms with Crippen molar-refractivity contribution < 1.29 is 0 Å². The second-order valence-corrected chi connectivity index (χ2v) is 8.39. The first kappa shape index (κ1) is 18.9. The predicted octanol–water partition coefficient (Wildman–Crippen LogP) is 5.41. The van der Waals surface area contributed by atoms with E-state index < -0.39 is 0 Å². The van der Waals surface area contributed by atoms with Crippen molar-refractivity contribution in [2.45, 2.75) is 47.1 Å². The van der Waals surface area contributed by atoms with Crippen LogP contribution in [-0.2, 0) is 6.54 Å². The van der Waals surface area contributed by atoms with Gasteiger partial charge < -0.3 is 9.88 Å². The fraction of sp³-hybridized carbons (Fsp3) is 0.400. The molecule has 2 heterocycles. The Morgan fingerprint density at radius 2 is 1.89 bits per heavy atom. The van der Waals surface area contributed by atoms with E-state index in [-0.39, 0.29) is 0 Å². The molecule has 3 aromatic rings. The van der Waals surface area contributed by atoms with Crippen LogP contribution in [0.1, 0.15) is 47.8 Å². The van der Waals surface area contributed by atoms with Crippen molar-refractivity contribution in [2.24, 2.45) is 5.92 Å². The number of nitrogens with one attached hydrogen (secondary N) is 1. The number of aryl methyl sites for hydroxylation is 3. The Kier molecular flexibility index (Phi) is 5.36. The number of nitrogens with zero attached hydrogens (tertiary/aromatic N) is 2. The Balaban J connectivity index is 1.79. The van der Waals surface area contributed by atoms with Gasteiger partial charge in [0.25, 0.3) is 0 Å². The molecule has 1 saturated heterocycles. The van der Waals surface area contributed by atoms with Crippen LogP contribution in [0.4, 0.5) is 0 Å². The van der Waals surface area contributed by atoms with E-state index in [4.69, 9.17) is 4.98 Å². The molecule has 28 heavy (non-hydrogen) atoms. The molecular weight excluding hydrogens is 342 g/mol. The topological polar surface area (TPSA) is 29.9 Å². The molecule has 146 valence electrons. The minimum atomic E-state index is 0.602. The van der Waals surface area contributed by atoms with Crippen molar-refractivity contribution in [3.8, 4) is 0 Å². The molecule has 1 fully saturated rings. The van der Waals surface area contributed by atoms with E-state index in [0.29, 0.717) is 5.92 Å². The number of fused-ring (bicyclic) bond motifs is 1. The maximum Gasteiger partial charge on any atom is 0.136 e. The van der Waals surface area contributed by atoms with E-state index in [2.05, 4.69) is 80.1 Å². The van der Waals surface area contributed by atoms with Gasteiger partial charge in [-0.15, -0.1) is 0 Å². The summed E-state index contributed by atoms with van der Waals surface area (Å²) >= 11 is 0. The summed E-state index contributed by atoms with van der Waals surface area (Å²) in [6.45, 7) is 11.8. The summed E-state index contributed by atoms with van der Waals surface area (Å²) in [6, 6.07) is 13.4. The van der Waals surface area contributed by atoms with Gasteiger partial charge in [-0.05, 0) is 87.4 Å². The van der Waals surface area contributed by atoms with Gasteiger partial charge in [0, 0.05) is 13.1 Å². The highest BCUT2D eigenvalue weighted by Gasteiger charge is 2.16. The van der Waals surface area contributed by atoms with Gasteiger partial charge in [0.15, 0.2) is 0 Å². The predicted molar refractivity (Wildman–Crippen MR) is 119 cm³/mol. The molecule has 3 nitrogen and oxygen atoms in total. The molecular formula is C25H31N3. The molecule has 0 amide bonds. The lowest BCUT2D eigenvalue weighted by Gasteiger charge is -2.20. The van der Waals surface area contributed by atoms with Gasteiger partial charge >= 0.3 is 0 Å². The molecule has 1 aliphatic heterocycles. The molecule has 1 atom stereocenters. The van der Waals surface area contributed by atoms with Gasteiger partial charge in [-0.3, -0.25) is 0 Å². The maximum atomic E-state index is 5.07. The monoisotopic (exact) mass is 373 g/mol. The van der Waals surface area contributed by atoms with E-state index in [1.54, 1.807) is 0 Å². The van der Waals surface area contributed by atoms with Gasteiger partial charge in [0.1, 0.15) is 5.82 Å². The first-order valence-electron chi connectivity index (χ1n) is 10.4. The average Bonchev–Trinajstić information content (AvgIpc) is 3.02. The lowest BCUT2D eigenvalue weighted by molar-refractivity contribution is 0.439. The average molecular weight is 374 g/mol. The van der Waals surface area contributed by atoms with E-state index in [1.807, 2.05) is 0 Å². The van der Waals surface area contributed by atoms with Crippen molar-refractivity contribution in [2.75, 3.05) is 13.1 Å². The third kappa shape index (κ3) is 3.90. The Hall–Kier alpha value is -2.39. The second kappa shape index (κ2) is 7.92. The lowest BCUT2D eigenvalue weighted by Crippen LogP contribution is -2.28. The fourth-order valence-corrected chi connectivity index (χ4v) is 4.17. The minimum Gasteiger partial charge on any atom is -0.320 e. The first-order valence-corrected chi connectivity index (χ1v) is 10.4. The number of allylic oxidation sites excluding steroid dienone is 1. The highest BCUT2D eigenvalue weighted by molar-refractivity contribution is 5.81. The third-order valence-electron chi connectivity index (χ3n) is 6.00. The minimum absolute atomic E-state index is 0.602. The maximum absolute atomic E-state index is 5.07. The van der Waals surface area contributed by atoms with Crippen molar-refractivity contribution in [1.82, 2.24) is 14.9 Å². The summed E-state index contributed by atoms with van der Waals surface area (Å²) in [5.41, 5.74) is 8.85. The smallest absolute Gasteiger partial charge is 0.136 e. The molecule has 0 bridgehead atoms. The zero-order valence-corrected chi connectivity index (χ0v) is 17.5. The van der Waals surface area contributed by atoms with Gasteiger partial charge in [0.2, 0.25) is 0 Å². The van der Waals surface area contributed by atoms with Crippen LogP contribution in [0.2, 0.25) is 0 Å². The molecule has 0 saturated carbocycles. The zero-order valence-electron chi connectivity index (χ0n) is 17.5. The van der Waals surface area contributed by atoms with E-state index in [1.165, 1.54) is 46.2 Å². The standard InChI is InChI=1S/C25H31N3/c1-17-7-9-21(10-8-17)16-28-24-14-19(3)18(2)13-23(24)27-25(28)20(4)12-22-6-5-11-26-15-22/h7-10,12-14,22,26H,5-6,11,15-16H2,1-4H3/b20-12+. The molecule has 0 aliphatic carbocycles. The van der Waals surface area contributed by atoms with Crippen LogP contribution < -0.4 is 5.32 Å². The number of hydrogen-bond donors (Lipinski definition) is 1. The normalized spacial score (nSPS) is 18.0. The molecule has 1 unspecified atom stereocenters. The van der Waals surface area contributed by atoms with Gasteiger partial charge in [-0.25, -0.2) is 4.98 Å². The van der Waals surface area contributed by atoms with Crippen molar-refractivity contribution in [1.29, 1.82) is 0 Å². The Bertz CT molecular complexity index is 1000. The second-order valence-electron chi connectivity index (χ2n) is 8.39. The van der Waals surface area contributed by atoms with Crippen LogP contribution >= 0.6 is 0 Å². The molecule has 3 heteroatoms. The van der Waals surface area contributed by atoms with E-state index >= 15 is 0 Å². The SMILES string of the molecule is C/C(=C\C1CCCNC1)c1nc2cc(C)c(C)cc2n1Cc1ccc(C)cc1. The summed E-state index contributed by atoms with van der Waals surface area (Å²) in [6.07, 6.45) is 4.95. The summed E-state index contributed by atoms with van der Waals surface area (Å²) in [7, 11) is 0. The number of hydrogen-bond acceptors (Lipinski definition) is 2. The highest BCUT2D eigenvalue weighted by Crippen LogP contribution is 2.27. The lowest BCUT2D eigenvalue weighted by atomic mass is 9.97. The molecule has 0 spiro atoms. The molecule has 1 aliphatic rings. The van der Waals surface area contributed by atoms with Crippen LogP contribution in [0.5, 0.6) is 0 Å². The number of piperidine rings is 1. The Morgan fingerprint density at radius 1 is 1.14 bits per heavy atom. The summed E-state index contributed by atoms with van der Waals surface area (Å²) in [4.78, 5) is 5.07. The van der Waals surface area contributed by atoms with Crippen LogP contribution in [0, 0.1) is 26.7 Å². The number of imidazole rings is 1. The fourth-order valence-electron chi connectivity index (χ4n) is 4.17. The number of rotatable bonds is 4. The quantitative estimate of drug-likeness (QED) is 0.662. The largest absolute Gasteiger partial charge is 0.320 e. The van der Waals surface area contributed by atoms with Crippen LogP contribution in [0.3, 0.4) is 0 Å². The van der Waals surface area contributed by atoms with Crippen molar-refractivity contribution in [3.63, 3.8) is 0 Å². The molecule has 4 rings (SSSR count). The third-order valence-corrected chi connectivity index (χ3v) is 6.00. The molecule has 2 aromatic carbocycles. The molecule has 0 radical (unpaired) electrons. The first-order chi connectivity index (χ1) is 13.5. The summed E-state index contributed by atoms with van der Waals surface area (Å²) in [5, 5.41) is 3.52. The van der Waals surface area contributed by atoms with Crippen LogP contribution in [-0.4, -0.2) is 22.6 Å². The van der Waals surface area contributed by atoms with Crippen molar-refractivity contribution >= 4 is 16.6 Å². The van der Waals surface area contributed by atoms with Crippen LogP contribution in [0.15, 0.2) is 42.5 Å². The summed E-state index contributed by atoms with van der Waals surface area (Å²) in [5.74, 6) is 1.70. The van der Waals surface area contributed by atoms with Gasteiger partial charge in [-0.1, -0.05) is 35.9 Å². The molecule has 1 aromatic heterocycles. The Labute approximate surface area is 168 Å².